The van der Waals surface area contributed by atoms with E-state index in [9.17, 15) is 4.79 Å². The molecular formula is C10H11NO2. The van der Waals surface area contributed by atoms with Crippen LogP contribution < -0.4 is 5.32 Å². The number of carbonyl (C=O) groups excluding carboxylic acids is 1. The Hall–Kier alpha value is -1.69. The molecule has 0 aliphatic carbocycles. The third-order valence-corrected chi connectivity index (χ3v) is 1.56. The van der Waals surface area contributed by atoms with E-state index < -0.39 is 0 Å². The molecule has 0 aliphatic heterocycles. The van der Waals surface area contributed by atoms with Crippen molar-refractivity contribution in [3.63, 3.8) is 0 Å². The average molecular weight is 177 g/mol. The Bertz CT molecular complexity index is 346. The van der Waals surface area contributed by atoms with Gasteiger partial charge in [0.05, 0.1) is 6.04 Å². The standard InChI is InChI=1S/C10H11NO2/c1-4-7(2)11-10(12)9-6-5-8(3)13-9/h1,5-7H,2-3H3,(H,11,12). The zero-order valence-corrected chi connectivity index (χ0v) is 7.63. The number of aryl methyl sites for hydroxylation is 1. The molecule has 3 heteroatoms. The van der Waals surface area contributed by atoms with Gasteiger partial charge in [-0.15, -0.1) is 6.42 Å². The van der Waals surface area contributed by atoms with Crippen molar-refractivity contribution in [2.75, 3.05) is 0 Å². The largest absolute Gasteiger partial charge is 0.456 e. The van der Waals surface area contributed by atoms with Crippen molar-refractivity contribution >= 4 is 5.91 Å². The molecule has 13 heavy (non-hydrogen) atoms. The summed E-state index contributed by atoms with van der Waals surface area (Å²) in [6.07, 6.45) is 5.11. The second kappa shape index (κ2) is 3.81. The van der Waals surface area contributed by atoms with E-state index in [0.717, 1.165) is 0 Å². The van der Waals surface area contributed by atoms with Crippen molar-refractivity contribution in [2.45, 2.75) is 19.9 Å². The molecule has 1 N–H and O–H groups in total. The highest BCUT2D eigenvalue weighted by Gasteiger charge is 2.10. The molecule has 1 rings (SSSR count). The van der Waals surface area contributed by atoms with Gasteiger partial charge in [0.15, 0.2) is 5.76 Å². The number of nitrogens with one attached hydrogen (secondary N) is 1. The lowest BCUT2D eigenvalue weighted by Gasteiger charge is -2.04. The maximum atomic E-state index is 11.3. The number of amides is 1. The lowest BCUT2D eigenvalue weighted by Crippen LogP contribution is -2.30. The third-order valence-electron chi connectivity index (χ3n) is 1.56. The van der Waals surface area contributed by atoms with Gasteiger partial charge in [-0.2, -0.15) is 0 Å². The molecule has 0 saturated carbocycles. The Morgan fingerprint density at radius 1 is 1.69 bits per heavy atom. The first kappa shape index (κ1) is 9.40. The minimum absolute atomic E-state index is 0.279. The van der Waals surface area contributed by atoms with Gasteiger partial charge < -0.3 is 9.73 Å². The van der Waals surface area contributed by atoms with Gasteiger partial charge >= 0.3 is 0 Å². The predicted octanol–water partition coefficient (Wildman–Crippen LogP) is 1.34. The van der Waals surface area contributed by atoms with E-state index in [4.69, 9.17) is 10.8 Å². The van der Waals surface area contributed by atoms with E-state index in [2.05, 4.69) is 11.2 Å². The van der Waals surface area contributed by atoms with E-state index >= 15 is 0 Å². The number of hydrogen-bond acceptors (Lipinski definition) is 2. The molecule has 3 nitrogen and oxygen atoms in total. The van der Waals surface area contributed by atoms with Crippen molar-refractivity contribution < 1.29 is 9.21 Å². The Labute approximate surface area is 77.1 Å². The number of rotatable bonds is 2. The molecule has 1 aromatic rings. The van der Waals surface area contributed by atoms with E-state index in [-0.39, 0.29) is 11.9 Å². The van der Waals surface area contributed by atoms with Crippen LogP contribution in [-0.2, 0) is 0 Å². The Balaban J connectivity index is 2.65. The van der Waals surface area contributed by atoms with Crippen molar-refractivity contribution in [1.82, 2.24) is 5.32 Å². The van der Waals surface area contributed by atoms with E-state index in [0.29, 0.717) is 11.5 Å². The Morgan fingerprint density at radius 2 is 2.38 bits per heavy atom. The molecule has 1 amide bonds. The van der Waals surface area contributed by atoms with Crippen LogP contribution in [0.5, 0.6) is 0 Å². The SMILES string of the molecule is C#CC(C)NC(=O)c1ccc(C)o1. The summed E-state index contributed by atoms with van der Waals surface area (Å²) in [5.74, 6) is 3.12. The van der Waals surface area contributed by atoms with Gasteiger partial charge in [0, 0.05) is 0 Å². The van der Waals surface area contributed by atoms with Crippen LogP contribution in [0.15, 0.2) is 16.5 Å². The molecule has 1 heterocycles. The van der Waals surface area contributed by atoms with E-state index in [1.165, 1.54) is 0 Å². The number of terminal acetylenes is 1. The number of carbonyl (C=O) groups is 1. The molecule has 0 spiro atoms. The molecule has 68 valence electrons. The van der Waals surface area contributed by atoms with E-state index in [1.54, 1.807) is 26.0 Å². The second-order valence-corrected chi connectivity index (χ2v) is 2.77. The second-order valence-electron chi connectivity index (χ2n) is 2.77. The average Bonchev–Trinajstić information content (AvgIpc) is 2.51. The van der Waals surface area contributed by atoms with Gasteiger partial charge in [-0.1, -0.05) is 5.92 Å². The maximum Gasteiger partial charge on any atom is 0.287 e. The van der Waals surface area contributed by atoms with Gasteiger partial charge in [-0.25, -0.2) is 0 Å². The van der Waals surface area contributed by atoms with Gasteiger partial charge in [-0.05, 0) is 26.0 Å². The fourth-order valence-electron chi connectivity index (χ4n) is 0.866. The van der Waals surface area contributed by atoms with Gasteiger partial charge in [0.2, 0.25) is 0 Å². The van der Waals surface area contributed by atoms with Crippen molar-refractivity contribution in [2.24, 2.45) is 0 Å². The number of hydrogen-bond donors (Lipinski definition) is 1. The molecule has 1 atom stereocenters. The summed E-state index contributed by atoms with van der Waals surface area (Å²) in [5.41, 5.74) is 0. The third kappa shape index (κ3) is 2.38. The summed E-state index contributed by atoms with van der Waals surface area (Å²) in [4.78, 5) is 11.3. The molecular weight excluding hydrogens is 166 g/mol. The van der Waals surface area contributed by atoms with Gasteiger partial charge in [0.1, 0.15) is 5.76 Å². The van der Waals surface area contributed by atoms with Crippen molar-refractivity contribution in [3.8, 4) is 12.3 Å². The fourth-order valence-corrected chi connectivity index (χ4v) is 0.866. The monoisotopic (exact) mass is 177 g/mol. The van der Waals surface area contributed by atoms with Crippen LogP contribution in [0.25, 0.3) is 0 Å². The summed E-state index contributed by atoms with van der Waals surface area (Å²) >= 11 is 0. The molecule has 0 saturated heterocycles. The Kier molecular flexibility index (Phi) is 2.76. The summed E-state index contributed by atoms with van der Waals surface area (Å²) in [5, 5.41) is 2.59. The molecule has 1 aromatic heterocycles. The van der Waals surface area contributed by atoms with Crippen molar-refractivity contribution in [1.29, 1.82) is 0 Å². The summed E-state index contributed by atoms with van der Waals surface area (Å²) in [6.45, 7) is 3.51. The van der Waals surface area contributed by atoms with Crippen LogP contribution in [0.3, 0.4) is 0 Å². The normalized spacial score (nSPS) is 11.8. The summed E-state index contributed by atoms with van der Waals surface area (Å²) in [7, 11) is 0. The number of furan rings is 1. The van der Waals surface area contributed by atoms with Crippen LogP contribution in [0.1, 0.15) is 23.2 Å². The highest BCUT2D eigenvalue weighted by molar-refractivity contribution is 5.91. The summed E-state index contributed by atoms with van der Waals surface area (Å²) < 4.78 is 5.11. The first-order valence-electron chi connectivity index (χ1n) is 3.97. The maximum absolute atomic E-state index is 11.3. The fraction of sp³-hybridized carbons (Fsp3) is 0.300. The van der Waals surface area contributed by atoms with Crippen molar-refractivity contribution in [3.05, 3.63) is 23.7 Å². The minimum Gasteiger partial charge on any atom is -0.456 e. The smallest absolute Gasteiger partial charge is 0.287 e. The molecule has 0 aromatic carbocycles. The van der Waals surface area contributed by atoms with Crippen LogP contribution >= 0.6 is 0 Å². The highest BCUT2D eigenvalue weighted by atomic mass is 16.3. The summed E-state index contributed by atoms with van der Waals surface area (Å²) in [6, 6.07) is 3.07. The van der Waals surface area contributed by atoms with Gasteiger partial charge in [0.25, 0.3) is 5.91 Å². The highest BCUT2D eigenvalue weighted by Crippen LogP contribution is 2.05. The molecule has 0 fully saturated rings. The Morgan fingerprint density at radius 3 is 2.85 bits per heavy atom. The van der Waals surface area contributed by atoms with E-state index in [1.807, 2.05) is 0 Å². The zero-order valence-electron chi connectivity index (χ0n) is 7.63. The quantitative estimate of drug-likeness (QED) is 0.692. The molecule has 0 bridgehead atoms. The minimum atomic E-state index is -0.280. The van der Waals surface area contributed by atoms with Crippen LogP contribution in [-0.4, -0.2) is 11.9 Å². The first-order valence-corrected chi connectivity index (χ1v) is 3.97. The van der Waals surface area contributed by atoms with Crippen LogP contribution in [0.2, 0.25) is 0 Å². The molecule has 0 aliphatic rings. The first-order chi connectivity index (χ1) is 6.13. The lowest BCUT2D eigenvalue weighted by molar-refractivity contribution is 0.0919. The topological polar surface area (TPSA) is 42.2 Å². The predicted molar refractivity (Wildman–Crippen MR) is 49.2 cm³/mol. The van der Waals surface area contributed by atoms with Crippen LogP contribution in [0, 0.1) is 19.3 Å². The molecule has 0 radical (unpaired) electrons. The van der Waals surface area contributed by atoms with Gasteiger partial charge in [-0.3, -0.25) is 4.79 Å². The van der Waals surface area contributed by atoms with Crippen LogP contribution in [0.4, 0.5) is 0 Å². The lowest BCUT2D eigenvalue weighted by atomic mass is 10.3. The zero-order chi connectivity index (χ0) is 9.84. The molecule has 1 unspecified atom stereocenters.